The fourth-order valence-electron chi connectivity index (χ4n) is 6.23. The first-order chi connectivity index (χ1) is 29.0. The third kappa shape index (κ3) is 31.0. The van der Waals surface area contributed by atoms with Crippen LogP contribution in [0.3, 0.4) is 0 Å². The van der Waals surface area contributed by atoms with E-state index in [9.17, 15) is 37.9 Å². The van der Waals surface area contributed by atoms with Gasteiger partial charge in [0.15, 0.2) is 12.4 Å². The molecule has 12 nitrogen and oxygen atoms in total. The van der Waals surface area contributed by atoms with Crippen LogP contribution in [0, 0.1) is 0 Å². The minimum Gasteiger partial charge on any atom is -0.462 e. The van der Waals surface area contributed by atoms with Gasteiger partial charge in [-0.05, 0) is 83.5 Å². The Labute approximate surface area is 361 Å². The fourth-order valence-corrected chi connectivity index (χ4v) is 6.92. The second-order valence-electron chi connectivity index (χ2n) is 15.4. The van der Waals surface area contributed by atoms with Crippen molar-refractivity contribution in [3.63, 3.8) is 0 Å². The normalized spacial score (nSPS) is 20.8. The second kappa shape index (κ2) is 36.7. The molecule has 1 heterocycles. The van der Waals surface area contributed by atoms with Crippen molar-refractivity contribution in [2.75, 3.05) is 19.0 Å². The van der Waals surface area contributed by atoms with Gasteiger partial charge in [-0.2, -0.15) is 8.42 Å². The van der Waals surface area contributed by atoms with Crippen molar-refractivity contribution in [2.45, 2.75) is 192 Å². The van der Waals surface area contributed by atoms with Crippen LogP contribution in [0.15, 0.2) is 72.9 Å². The van der Waals surface area contributed by atoms with E-state index >= 15 is 0 Å². The zero-order valence-corrected chi connectivity index (χ0v) is 37.3. The summed E-state index contributed by atoms with van der Waals surface area (Å²) in [5.74, 6) is -2.11. The molecule has 1 aliphatic heterocycles. The Hall–Kier alpha value is -2.91. The maximum Gasteiger partial charge on any atom is 0.306 e. The molecule has 1 saturated heterocycles. The number of hydrogen-bond donors (Lipinski definition) is 4. The number of hydrogen-bond acceptors (Lipinski definition) is 11. The predicted molar refractivity (Wildman–Crippen MR) is 238 cm³/mol. The molecule has 0 saturated carbocycles. The summed E-state index contributed by atoms with van der Waals surface area (Å²) in [5, 5.41) is 30.9. The highest BCUT2D eigenvalue weighted by atomic mass is 32.2. The fraction of sp³-hybridized carbons (Fsp3) is 0.702. The number of unbranched alkanes of at least 4 members (excludes halogenated alkanes) is 12. The SMILES string of the molecule is CCCCC/C=C/C/C=C/C/C=C/C/C=C/CCCC(=O)O[C@H](COC(=O)CCCC/C=C/C/C=C/CCCCCCCC)CO[C@H]1O[C@H](CS(=O)(=O)O)[C@@H](O)C(O)C1O. The Morgan fingerprint density at radius 2 is 1.02 bits per heavy atom. The van der Waals surface area contributed by atoms with Gasteiger partial charge in [-0.3, -0.25) is 14.1 Å². The summed E-state index contributed by atoms with van der Waals surface area (Å²) >= 11 is 0. The lowest BCUT2D eigenvalue weighted by Crippen LogP contribution is -2.60. The van der Waals surface area contributed by atoms with Gasteiger partial charge in [0.2, 0.25) is 0 Å². The molecular formula is C47H78O12S. The molecule has 1 rings (SSSR count). The van der Waals surface area contributed by atoms with Crippen molar-refractivity contribution in [1.29, 1.82) is 0 Å². The maximum atomic E-state index is 12.8. The molecule has 1 aliphatic rings. The topological polar surface area (TPSA) is 186 Å². The van der Waals surface area contributed by atoms with E-state index in [0.29, 0.717) is 19.3 Å². The molecule has 4 N–H and O–H groups in total. The van der Waals surface area contributed by atoms with Crippen molar-refractivity contribution in [3.05, 3.63) is 72.9 Å². The summed E-state index contributed by atoms with van der Waals surface area (Å²) in [5.41, 5.74) is 0. The van der Waals surface area contributed by atoms with Crippen molar-refractivity contribution in [2.24, 2.45) is 0 Å². The third-order valence-electron chi connectivity index (χ3n) is 9.76. The van der Waals surface area contributed by atoms with Gasteiger partial charge >= 0.3 is 11.9 Å². The minimum absolute atomic E-state index is 0.0782. The molecule has 0 bridgehead atoms. The van der Waals surface area contributed by atoms with Crippen molar-refractivity contribution in [3.8, 4) is 0 Å². The molecule has 0 aromatic rings. The summed E-state index contributed by atoms with van der Waals surface area (Å²) in [6.45, 7) is 3.63. The van der Waals surface area contributed by atoms with E-state index in [-0.39, 0.29) is 19.4 Å². The average molecular weight is 867 g/mol. The van der Waals surface area contributed by atoms with Crippen LogP contribution in [-0.4, -0.2) is 96.0 Å². The lowest BCUT2D eigenvalue weighted by atomic mass is 10.00. The van der Waals surface area contributed by atoms with Gasteiger partial charge in [0, 0.05) is 12.8 Å². The summed E-state index contributed by atoms with van der Waals surface area (Å²) in [4.78, 5) is 25.4. The molecule has 344 valence electrons. The number of allylic oxidation sites excluding steroid dienone is 12. The number of aliphatic hydroxyl groups excluding tert-OH is 3. The van der Waals surface area contributed by atoms with Crippen LogP contribution in [-0.2, 0) is 38.7 Å². The molecule has 0 aromatic carbocycles. The lowest BCUT2D eigenvalue weighted by molar-refractivity contribution is -0.297. The van der Waals surface area contributed by atoms with Gasteiger partial charge in [0.05, 0.1) is 6.61 Å². The Balaban J connectivity index is 2.53. The van der Waals surface area contributed by atoms with Crippen molar-refractivity contribution >= 4 is 22.1 Å². The number of carbonyl (C=O) groups excluding carboxylic acids is 2. The molecule has 0 amide bonds. The second-order valence-corrected chi connectivity index (χ2v) is 16.9. The molecule has 2 unspecified atom stereocenters. The summed E-state index contributed by atoms with van der Waals surface area (Å²) in [6, 6.07) is 0. The van der Waals surface area contributed by atoms with Crippen LogP contribution in [0.4, 0.5) is 0 Å². The van der Waals surface area contributed by atoms with E-state index in [0.717, 1.165) is 51.4 Å². The van der Waals surface area contributed by atoms with E-state index in [1.807, 2.05) is 12.2 Å². The Morgan fingerprint density at radius 3 is 1.57 bits per heavy atom. The Morgan fingerprint density at radius 1 is 0.567 bits per heavy atom. The van der Waals surface area contributed by atoms with E-state index in [4.69, 9.17) is 18.9 Å². The number of carbonyl (C=O) groups is 2. The maximum absolute atomic E-state index is 12.8. The lowest BCUT2D eigenvalue weighted by Gasteiger charge is -2.40. The van der Waals surface area contributed by atoms with E-state index in [1.165, 1.54) is 57.8 Å². The molecule has 6 atom stereocenters. The van der Waals surface area contributed by atoms with Crippen molar-refractivity contribution in [1.82, 2.24) is 0 Å². The standard InChI is InChI=1S/C47H78O12S/c1-3-5-7-9-11-13-15-17-19-20-22-24-26-28-30-32-34-36-43(49)58-40(38-57-47-46(52)45(51)44(50)41(59-47)39-60(53,54)55)37-56-42(48)35-33-31-29-27-25-23-21-18-16-14-12-10-8-6-4-2/h11,13,17-19,21-22,24-25,27-28,30,40-41,44-47,50-52H,3-10,12,14-16,20,23,26,29,31-39H2,1-2H3,(H,53,54,55)/b13-11+,19-17+,21-18+,24-22+,27-25+,30-28+/t40-,41-,44-,45?,46?,47+/m1/s1. The van der Waals surface area contributed by atoms with Crippen LogP contribution in [0.25, 0.3) is 0 Å². The summed E-state index contributed by atoms with van der Waals surface area (Å²) in [6.07, 6.45) is 36.7. The molecule has 1 fully saturated rings. The largest absolute Gasteiger partial charge is 0.462 e. The molecule has 13 heteroatoms. The predicted octanol–water partition coefficient (Wildman–Crippen LogP) is 9.11. The van der Waals surface area contributed by atoms with Crippen LogP contribution in [0.5, 0.6) is 0 Å². The zero-order valence-electron chi connectivity index (χ0n) is 36.5. The highest BCUT2D eigenvalue weighted by Gasteiger charge is 2.46. The Kier molecular flexibility index (Phi) is 33.7. The van der Waals surface area contributed by atoms with Crippen LogP contribution >= 0.6 is 0 Å². The Bertz CT molecular complexity index is 1390. The smallest absolute Gasteiger partial charge is 0.306 e. The van der Waals surface area contributed by atoms with Crippen LogP contribution in [0.1, 0.15) is 155 Å². The van der Waals surface area contributed by atoms with Gasteiger partial charge in [0.25, 0.3) is 10.1 Å². The van der Waals surface area contributed by atoms with Gasteiger partial charge in [-0.25, -0.2) is 0 Å². The monoisotopic (exact) mass is 867 g/mol. The van der Waals surface area contributed by atoms with E-state index < -0.39 is 71.2 Å². The molecule has 0 aromatic heterocycles. The van der Waals surface area contributed by atoms with Gasteiger partial charge < -0.3 is 34.3 Å². The minimum atomic E-state index is -4.62. The molecule has 0 spiro atoms. The highest BCUT2D eigenvalue weighted by molar-refractivity contribution is 7.85. The first-order valence-corrected chi connectivity index (χ1v) is 24.1. The van der Waals surface area contributed by atoms with E-state index in [2.05, 4.69) is 74.6 Å². The average Bonchev–Trinajstić information content (AvgIpc) is 3.21. The van der Waals surface area contributed by atoms with Crippen molar-refractivity contribution < 1.29 is 56.8 Å². The zero-order chi connectivity index (χ0) is 44.1. The van der Waals surface area contributed by atoms with Crippen LogP contribution in [0.2, 0.25) is 0 Å². The molecule has 0 aliphatic carbocycles. The number of aliphatic hydroxyl groups is 3. The highest BCUT2D eigenvalue weighted by Crippen LogP contribution is 2.24. The first-order valence-electron chi connectivity index (χ1n) is 22.5. The number of rotatable bonds is 36. The summed E-state index contributed by atoms with van der Waals surface area (Å²) in [7, 11) is -4.62. The quantitative estimate of drug-likeness (QED) is 0.0203. The van der Waals surface area contributed by atoms with E-state index in [1.54, 1.807) is 0 Å². The number of ether oxygens (including phenoxy) is 4. The first kappa shape index (κ1) is 55.1. The molecular weight excluding hydrogens is 789 g/mol. The number of esters is 2. The third-order valence-corrected chi connectivity index (χ3v) is 10.5. The van der Waals surface area contributed by atoms with Crippen LogP contribution < -0.4 is 0 Å². The molecule has 0 radical (unpaired) electrons. The van der Waals surface area contributed by atoms with Gasteiger partial charge in [0.1, 0.15) is 36.8 Å². The van der Waals surface area contributed by atoms with Gasteiger partial charge in [-0.15, -0.1) is 0 Å². The van der Waals surface area contributed by atoms with Gasteiger partial charge in [-0.1, -0.05) is 132 Å². The molecule has 60 heavy (non-hydrogen) atoms. The summed E-state index contributed by atoms with van der Waals surface area (Å²) < 4.78 is 53.9.